The average Bonchev–Trinajstić information content (AvgIpc) is 3.33. The number of likely N-dealkylation sites (tertiary alicyclic amines) is 1. The van der Waals surface area contributed by atoms with Crippen LogP contribution in [0.3, 0.4) is 0 Å². The standard InChI is InChI=1S/C22H24N2O2/c25-20(23-15-7-8-16-23)22(13-14-22)21(26)24(19-11-5-2-6-12-19)17-18-9-3-1-4-10-18/h1-6,9-12H,7-8,13-17H2. The molecule has 0 bridgehead atoms. The molecule has 4 nitrogen and oxygen atoms in total. The minimum Gasteiger partial charge on any atom is -0.342 e. The number of benzene rings is 2. The van der Waals surface area contributed by atoms with E-state index in [0.29, 0.717) is 19.4 Å². The van der Waals surface area contributed by atoms with Gasteiger partial charge in [0.05, 0.1) is 6.54 Å². The molecule has 1 heterocycles. The van der Waals surface area contributed by atoms with E-state index in [9.17, 15) is 9.59 Å². The average molecular weight is 348 g/mol. The van der Waals surface area contributed by atoms with Crippen LogP contribution in [-0.2, 0) is 16.1 Å². The molecule has 4 heteroatoms. The summed E-state index contributed by atoms with van der Waals surface area (Å²) in [5.41, 5.74) is 1.07. The van der Waals surface area contributed by atoms with Gasteiger partial charge in [0.15, 0.2) is 0 Å². The van der Waals surface area contributed by atoms with Crippen molar-refractivity contribution in [3.05, 3.63) is 66.2 Å². The van der Waals surface area contributed by atoms with Crippen molar-refractivity contribution < 1.29 is 9.59 Å². The van der Waals surface area contributed by atoms with E-state index in [1.54, 1.807) is 4.90 Å². The van der Waals surface area contributed by atoms with Gasteiger partial charge in [-0.2, -0.15) is 0 Å². The van der Waals surface area contributed by atoms with E-state index in [1.807, 2.05) is 65.6 Å². The Kier molecular flexibility index (Phi) is 4.49. The second-order valence-electron chi connectivity index (χ2n) is 7.29. The summed E-state index contributed by atoms with van der Waals surface area (Å²) >= 11 is 0. The molecule has 0 aromatic heterocycles. The maximum atomic E-state index is 13.5. The van der Waals surface area contributed by atoms with Crippen LogP contribution in [-0.4, -0.2) is 29.8 Å². The summed E-state index contributed by atoms with van der Waals surface area (Å²) in [5.74, 6) is -0.0153. The number of carbonyl (C=O) groups excluding carboxylic acids is 2. The lowest BCUT2D eigenvalue weighted by Crippen LogP contribution is -2.46. The largest absolute Gasteiger partial charge is 0.342 e. The first kappa shape index (κ1) is 16.8. The van der Waals surface area contributed by atoms with E-state index >= 15 is 0 Å². The fourth-order valence-corrected chi connectivity index (χ4v) is 3.78. The van der Waals surface area contributed by atoms with Gasteiger partial charge in [-0.05, 0) is 43.4 Å². The van der Waals surface area contributed by atoms with Gasteiger partial charge in [0, 0.05) is 18.8 Å². The zero-order valence-corrected chi connectivity index (χ0v) is 14.9. The van der Waals surface area contributed by atoms with Gasteiger partial charge in [-0.3, -0.25) is 9.59 Å². The Labute approximate surface area is 154 Å². The number of anilines is 1. The lowest BCUT2D eigenvalue weighted by atomic mass is 10.0. The number of rotatable bonds is 5. The summed E-state index contributed by atoms with van der Waals surface area (Å²) in [6, 6.07) is 19.7. The van der Waals surface area contributed by atoms with Crippen molar-refractivity contribution in [3.8, 4) is 0 Å². The van der Waals surface area contributed by atoms with Gasteiger partial charge in [0.1, 0.15) is 5.41 Å². The monoisotopic (exact) mass is 348 g/mol. The van der Waals surface area contributed by atoms with Crippen LogP contribution in [0.5, 0.6) is 0 Å². The fraction of sp³-hybridized carbons (Fsp3) is 0.364. The highest BCUT2D eigenvalue weighted by molar-refractivity contribution is 6.14. The topological polar surface area (TPSA) is 40.6 Å². The molecule has 26 heavy (non-hydrogen) atoms. The number of hydrogen-bond acceptors (Lipinski definition) is 2. The number of amides is 2. The Morgan fingerprint density at radius 1 is 0.885 bits per heavy atom. The van der Waals surface area contributed by atoms with E-state index in [1.165, 1.54) is 0 Å². The zero-order chi connectivity index (χ0) is 18.0. The molecule has 2 aliphatic rings. The minimum atomic E-state index is -0.838. The van der Waals surface area contributed by atoms with Gasteiger partial charge in [0.2, 0.25) is 11.8 Å². The van der Waals surface area contributed by atoms with Gasteiger partial charge >= 0.3 is 0 Å². The van der Waals surface area contributed by atoms with Gasteiger partial charge in [0.25, 0.3) is 0 Å². The van der Waals surface area contributed by atoms with E-state index in [0.717, 1.165) is 37.2 Å². The molecule has 1 aliphatic heterocycles. The van der Waals surface area contributed by atoms with E-state index in [-0.39, 0.29) is 11.8 Å². The van der Waals surface area contributed by atoms with E-state index in [4.69, 9.17) is 0 Å². The van der Waals surface area contributed by atoms with Gasteiger partial charge in [-0.15, -0.1) is 0 Å². The normalized spacial score (nSPS) is 17.8. The van der Waals surface area contributed by atoms with Crippen molar-refractivity contribution in [2.24, 2.45) is 5.41 Å². The van der Waals surface area contributed by atoms with Crippen molar-refractivity contribution >= 4 is 17.5 Å². The molecule has 1 saturated heterocycles. The molecule has 0 radical (unpaired) electrons. The lowest BCUT2D eigenvalue weighted by molar-refractivity contribution is -0.142. The third-order valence-electron chi connectivity index (χ3n) is 5.46. The predicted molar refractivity (Wildman–Crippen MR) is 102 cm³/mol. The molecule has 134 valence electrons. The number of nitrogens with zero attached hydrogens (tertiary/aromatic N) is 2. The van der Waals surface area contributed by atoms with Crippen molar-refractivity contribution in [3.63, 3.8) is 0 Å². The number of hydrogen-bond donors (Lipinski definition) is 0. The maximum Gasteiger partial charge on any atom is 0.242 e. The molecule has 0 spiro atoms. The van der Waals surface area contributed by atoms with Gasteiger partial charge in [-0.25, -0.2) is 0 Å². The van der Waals surface area contributed by atoms with Crippen molar-refractivity contribution in [1.82, 2.24) is 4.90 Å². The predicted octanol–water partition coefficient (Wildman–Crippen LogP) is 3.62. The van der Waals surface area contributed by atoms with Crippen LogP contribution in [0.25, 0.3) is 0 Å². The first-order valence-corrected chi connectivity index (χ1v) is 9.41. The lowest BCUT2D eigenvalue weighted by Gasteiger charge is -2.29. The van der Waals surface area contributed by atoms with Crippen LogP contribution < -0.4 is 4.90 Å². The van der Waals surface area contributed by atoms with Crippen LogP contribution in [0.2, 0.25) is 0 Å². The highest BCUT2D eigenvalue weighted by Crippen LogP contribution is 2.50. The Morgan fingerprint density at radius 2 is 1.46 bits per heavy atom. The Balaban J connectivity index is 1.63. The van der Waals surface area contributed by atoms with E-state index in [2.05, 4.69) is 0 Å². The first-order valence-electron chi connectivity index (χ1n) is 9.41. The Morgan fingerprint density at radius 3 is 2.04 bits per heavy atom. The molecule has 1 saturated carbocycles. The number of para-hydroxylation sites is 1. The Bertz CT molecular complexity index is 778. The third-order valence-corrected chi connectivity index (χ3v) is 5.46. The first-order chi connectivity index (χ1) is 12.7. The maximum absolute atomic E-state index is 13.5. The highest BCUT2D eigenvalue weighted by Gasteiger charge is 2.59. The van der Waals surface area contributed by atoms with E-state index < -0.39 is 5.41 Å². The molecular weight excluding hydrogens is 324 g/mol. The number of carbonyl (C=O) groups is 2. The fourth-order valence-electron chi connectivity index (χ4n) is 3.78. The van der Waals surface area contributed by atoms with Crippen molar-refractivity contribution in [2.45, 2.75) is 32.2 Å². The summed E-state index contributed by atoms with van der Waals surface area (Å²) in [7, 11) is 0. The zero-order valence-electron chi connectivity index (χ0n) is 14.9. The molecule has 1 aliphatic carbocycles. The third kappa shape index (κ3) is 3.12. The molecule has 0 N–H and O–H groups in total. The van der Waals surface area contributed by atoms with Crippen LogP contribution >= 0.6 is 0 Å². The molecule has 4 rings (SSSR count). The van der Waals surface area contributed by atoms with Crippen LogP contribution in [0.1, 0.15) is 31.2 Å². The van der Waals surface area contributed by atoms with Crippen LogP contribution in [0, 0.1) is 5.41 Å². The highest BCUT2D eigenvalue weighted by atomic mass is 16.2. The minimum absolute atomic E-state index is 0.0361. The Hall–Kier alpha value is -2.62. The molecule has 0 atom stereocenters. The summed E-state index contributed by atoms with van der Waals surface area (Å²) < 4.78 is 0. The summed E-state index contributed by atoms with van der Waals surface area (Å²) in [6.45, 7) is 2.06. The molecule has 2 aromatic rings. The smallest absolute Gasteiger partial charge is 0.242 e. The van der Waals surface area contributed by atoms with Crippen molar-refractivity contribution in [2.75, 3.05) is 18.0 Å². The van der Waals surface area contributed by atoms with Gasteiger partial charge in [-0.1, -0.05) is 48.5 Å². The summed E-state index contributed by atoms with van der Waals surface area (Å²) in [4.78, 5) is 30.2. The molecule has 0 unspecified atom stereocenters. The summed E-state index contributed by atoms with van der Waals surface area (Å²) in [6.07, 6.45) is 3.42. The quantitative estimate of drug-likeness (QED) is 0.774. The molecule has 2 aromatic carbocycles. The van der Waals surface area contributed by atoms with Gasteiger partial charge < -0.3 is 9.80 Å². The second-order valence-corrected chi connectivity index (χ2v) is 7.29. The molecular formula is C22H24N2O2. The van der Waals surface area contributed by atoms with Crippen LogP contribution in [0.4, 0.5) is 5.69 Å². The molecule has 2 fully saturated rings. The second kappa shape index (κ2) is 6.94. The van der Waals surface area contributed by atoms with Crippen molar-refractivity contribution in [1.29, 1.82) is 0 Å². The summed E-state index contributed by atoms with van der Waals surface area (Å²) in [5, 5.41) is 0. The molecule has 2 amide bonds. The SMILES string of the molecule is O=C(N1CCCC1)C1(C(=O)N(Cc2ccccc2)c2ccccc2)CC1. The van der Waals surface area contributed by atoms with Crippen LogP contribution in [0.15, 0.2) is 60.7 Å².